The Bertz CT molecular complexity index is 681. The average molecular weight is 297 g/mol. The molecular formula is C19H23NO2. The minimum atomic E-state index is 0.137. The number of ether oxygens (including phenoxy) is 1. The highest BCUT2D eigenvalue weighted by Crippen LogP contribution is 2.36. The smallest absolute Gasteiger partial charge is 0.143 e. The Kier molecular flexibility index (Phi) is 3.97. The summed E-state index contributed by atoms with van der Waals surface area (Å²) in [5.41, 5.74) is 4.94. The Morgan fingerprint density at radius 3 is 2.73 bits per heavy atom. The van der Waals surface area contributed by atoms with Crippen molar-refractivity contribution < 1.29 is 9.84 Å². The van der Waals surface area contributed by atoms with Gasteiger partial charge in [-0.25, -0.2) is 0 Å². The monoisotopic (exact) mass is 297 g/mol. The van der Waals surface area contributed by atoms with Crippen molar-refractivity contribution in [3.05, 3.63) is 53.1 Å². The number of hydrogen-bond donors (Lipinski definition) is 1. The van der Waals surface area contributed by atoms with Crippen LogP contribution in [0.25, 0.3) is 0 Å². The fourth-order valence-electron chi connectivity index (χ4n) is 3.14. The summed E-state index contributed by atoms with van der Waals surface area (Å²) in [4.78, 5) is 2.27. The van der Waals surface area contributed by atoms with E-state index in [4.69, 9.17) is 4.74 Å². The molecule has 22 heavy (non-hydrogen) atoms. The number of likely N-dealkylation sites (N-methyl/N-ethyl adjacent to an activating group) is 1. The molecule has 2 aromatic carbocycles. The molecule has 3 rings (SSSR count). The van der Waals surface area contributed by atoms with Gasteiger partial charge in [0.2, 0.25) is 0 Å². The first-order valence-corrected chi connectivity index (χ1v) is 7.87. The quantitative estimate of drug-likeness (QED) is 0.934. The van der Waals surface area contributed by atoms with Crippen molar-refractivity contribution >= 4 is 5.69 Å². The van der Waals surface area contributed by atoms with Gasteiger partial charge in [-0.1, -0.05) is 23.8 Å². The predicted molar refractivity (Wildman–Crippen MR) is 90.0 cm³/mol. The first kappa shape index (κ1) is 14.8. The second kappa shape index (κ2) is 5.91. The highest BCUT2D eigenvalue weighted by molar-refractivity contribution is 5.63. The van der Waals surface area contributed by atoms with Crippen molar-refractivity contribution in [3.8, 4) is 11.5 Å². The normalized spacial score (nSPS) is 17.0. The molecule has 0 bridgehead atoms. The van der Waals surface area contributed by atoms with E-state index in [1.807, 2.05) is 6.07 Å². The van der Waals surface area contributed by atoms with Gasteiger partial charge in [0.1, 0.15) is 17.6 Å². The Morgan fingerprint density at radius 2 is 2.00 bits per heavy atom. The zero-order valence-electron chi connectivity index (χ0n) is 13.5. The van der Waals surface area contributed by atoms with Gasteiger partial charge in [0, 0.05) is 19.0 Å². The van der Waals surface area contributed by atoms with Crippen LogP contribution < -0.4 is 9.64 Å². The van der Waals surface area contributed by atoms with E-state index in [0.29, 0.717) is 0 Å². The van der Waals surface area contributed by atoms with E-state index in [1.54, 1.807) is 12.1 Å². The molecule has 1 N–H and O–H groups in total. The molecule has 3 nitrogen and oxygen atoms in total. The molecule has 3 heteroatoms. The number of nitrogens with zero attached hydrogens (tertiary/aromatic N) is 1. The lowest BCUT2D eigenvalue weighted by molar-refractivity contribution is 0.193. The van der Waals surface area contributed by atoms with Crippen molar-refractivity contribution in [2.45, 2.75) is 33.3 Å². The third kappa shape index (κ3) is 2.89. The molecule has 0 aliphatic carbocycles. The standard InChI is InChI=1S/C19H23NO2/c1-4-20-12-17(10-15-6-5-13(2)9-14(15)3)22-19-8-7-16(21)11-18(19)20/h5-9,11,17,21H,4,10,12H2,1-3H3. The van der Waals surface area contributed by atoms with E-state index in [0.717, 1.165) is 30.9 Å². The zero-order valence-corrected chi connectivity index (χ0v) is 13.5. The average Bonchev–Trinajstić information content (AvgIpc) is 2.49. The van der Waals surface area contributed by atoms with Crippen LogP contribution in [0.1, 0.15) is 23.6 Å². The Labute approximate surface area is 132 Å². The molecule has 2 aromatic rings. The number of hydrogen-bond acceptors (Lipinski definition) is 3. The van der Waals surface area contributed by atoms with E-state index < -0.39 is 0 Å². The summed E-state index contributed by atoms with van der Waals surface area (Å²) < 4.78 is 6.16. The number of phenols is 1. The SMILES string of the molecule is CCN1CC(Cc2ccc(C)cc2C)Oc2ccc(O)cc21. The van der Waals surface area contributed by atoms with Crippen molar-refractivity contribution in [1.29, 1.82) is 0 Å². The number of rotatable bonds is 3. The lowest BCUT2D eigenvalue weighted by atomic mass is 9.99. The first-order chi connectivity index (χ1) is 10.6. The van der Waals surface area contributed by atoms with Crippen LogP contribution in [0.5, 0.6) is 11.5 Å². The third-order valence-corrected chi connectivity index (χ3v) is 4.33. The van der Waals surface area contributed by atoms with Crippen LogP contribution in [0.3, 0.4) is 0 Å². The Hall–Kier alpha value is -2.16. The van der Waals surface area contributed by atoms with Gasteiger partial charge >= 0.3 is 0 Å². The molecular weight excluding hydrogens is 274 g/mol. The summed E-state index contributed by atoms with van der Waals surface area (Å²) in [6.07, 6.45) is 1.04. The summed E-state index contributed by atoms with van der Waals surface area (Å²) >= 11 is 0. The summed E-state index contributed by atoms with van der Waals surface area (Å²) in [5.74, 6) is 1.15. The third-order valence-electron chi connectivity index (χ3n) is 4.33. The van der Waals surface area contributed by atoms with Crippen LogP contribution in [0.2, 0.25) is 0 Å². The van der Waals surface area contributed by atoms with E-state index in [-0.39, 0.29) is 11.9 Å². The molecule has 1 heterocycles. The van der Waals surface area contributed by atoms with Crippen LogP contribution in [-0.2, 0) is 6.42 Å². The van der Waals surface area contributed by atoms with Gasteiger partial charge in [0.15, 0.2) is 0 Å². The molecule has 0 saturated heterocycles. The van der Waals surface area contributed by atoms with Crippen LogP contribution in [-0.4, -0.2) is 24.3 Å². The van der Waals surface area contributed by atoms with Gasteiger partial charge in [0.25, 0.3) is 0 Å². The van der Waals surface area contributed by atoms with E-state index in [2.05, 4.69) is 43.9 Å². The maximum absolute atomic E-state index is 9.68. The van der Waals surface area contributed by atoms with Gasteiger partial charge in [-0.15, -0.1) is 0 Å². The zero-order chi connectivity index (χ0) is 15.7. The Balaban J connectivity index is 1.83. The van der Waals surface area contributed by atoms with Gasteiger partial charge < -0.3 is 14.7 Å². The number of phenolic OH excluding ortho intramolecular Hbond substituents is 1. The molecule has 1 unspecified atom stereocenters. The van der Waals surface area contributed by atoms with Gasteiger partial charge in [0.05, 0.1) is 12.2 Å². The summed E-state index contributed by atoms with van der Waals surface area (Å²) in [6, 6.07) is 11.9. The highest BCUT2D eigenvalue weighted by Gasteiger charge is 2.25. The minimum absolute atomic E-state index is 0.137. The summed E-state index contributed by atoms with van der Waals surface area (Å²) in [6.45, 7) is 8.17. The first-order valence-electron chi connectivity index (χ1n) is 7.87. The number of anilines is 1. The molecule has 1 aliphatic rings. The number of aryl methyl sites for hydroxylation is 2. The fraction of sp³-hybridized carbons (Fsp3) is 0.368. The summed E-state index contributed by atoms with van der Waals surface area (Å²) in [5, 5.41) is 9.68. The predicted octanol–water partition coefficient (Wildman–Crippen LogP) is 3.84. The van der Waals surface area contributed by atoms with Crippen LogP contribution in [0.15, 0.2) is 36.4 Å². The van der Waals surface area contributed by atoms with Crippen molar-refractivity contribution in [2.24, 2.45) is 0 Å². The second-order valence-corrected chi connectivity index (χ2v) is 6.06. The molecule has 0 amide bonds. The van der Waals surface area contributed by atoms with Crippen LogP contribution >= 0.6 is 0 Å². The second-order valence-electron chi connectivity index (χ2n) is 6.06. The molecule has 0 radical (unpaired) electrons. The molecule has 1 atom stereocenters. The van der Waals surface area contributed by atoms with Crippen molar-refractivity contribution in [1.82, 2.24) is 0 Å². The molecule has 0 aromatic heterocycles. The van der Waals surface area contributed by atoms with Gasteiger partial charge in [-0.2, -0.15) is 0 Å². The van der Waals surface area contributed by atoms with E-state index in [9.17, 15) is 5.11 Å². The topological polar surface area (TPSA) is 32.7 Å². The lowest BCUT2D eigenvalue weighted by Crippen LogP contribution is -2.41. The fourth-order valence-corrected chi connectivity index (χ4v) is 3.14. The molecule has 0 fully saturated rings. The molecule has 0 saturated carbocycles. The Morgan fingerprint density at radius 1 is 1.18 bits per heavy atom. The van der Waals surface area contributed by atoms with Crippen LogP contribution in [0.4, 0.5) is 5.69 Å². The molecule has 0 spiro atoms. The minimum Gasteiger partial charge on any atom is -0.508 e. The van der Waals surface area contributed by atoms with E-state index in [1.165, 1.54) is 16.7 Å². The van der Waals surface area contributed by atoms with Crippen molar-refractivity contribution in [3.63, 3.8) is 0 Å². The largest absolute Gasteiger partial charge is 0.508 e. The maximum atomic E-state index is 9.68. The summed E-state index contributed by atoms with van der Waals surface area (Å²) in [7, 11) is 0. The number of aromatic hydroxyl groups is 1. The van der Waals surface area contributed by atoms with E-state index >= 15 is 0 Å². The highest BCUT2D eigenvalue weighted by atomic mass is 16.5. The van der Waals surface area contributed by atoms with Crippen molar-refractivity contribution in [2.75, 3.05) is 18.0 Å². The lowest BCUT2D eigenvalue weighted by Gasteiger charge is -2.36. The van der Waals surface area contributed by atoms with Crippen LogP contribution in [0, 0.1) is 13.8 Å². The number of benzene rings is 2. The number of fused-ring (bicyclic) bond motifs is 1. The van der Waals surface area contributed by atoms with Gasteiger partial charge in [-0.05, 0) is 44.0 Å². The van der Waals surface area contributed by atoms with Gasteiger partial charge in [-0.3, -0.25) is 0 Å². The molecule has 116 valence electrons. The maximum Gasteiger partial charge on any atom is 0.143 e. The molecule has 1 aliphatic heterocycles.